The molecule has 0 aromatic carbocycles. The number of rotatable bonds is 3. The molecule has 1 aliphatic carbocycles. The zero-order valence-electron chi connectivity index (χ0n) is 9.69. The number of hydrogen-bond acceptors (Lipinski definition) is 3. The third-order valence-corrected chi connectivity index (χ3v) is 3.13. The van der Waals surface area contributed by atoms with Crippen LogP contribution < -0.4 is 5.32 Å². The molecule has 0 spiro atoms. The number of carboxylic acids is 1. The van der Waals surface area contributed by atoms with Crippen LogP contribution in [0.3, 0.4) is 0 Å². The van der Waals surface area contributed by atoms with Crippen LogP contribution in [0.1, 0.15) is 39.5 Å². The van der Waals surface area contributed by atoms with Crippen molar-refractivity contribution < 1.29 is 19.8 Å². The average Bonchev–Trinajstić information content (AvgIpc) is 2.21. The number of aliphatic hydroxyl groups excluding tert-OH is 1. The molecule has 0 aromatic heterocycles. The van der Waals surface area contributed by atoms with Crippen molar-refractivity contribution in [3.05, 3.63) is 0 Å². The minimum absolute atomic E-state index is 0.00507. The summed E-state index contributed by atoms with van der Waals surface area (Å²) in [4.78, 5) is 22.6. The van der Waals surface area contributed by atoms with Crippen molar-refractivity contribution in [2.45, 2.75) is 51.7 Å². The van der Waals surface area contributed by atoms with Crippen LogP contribution >= 0.6 is 0 Å². The van der Waals surface area contributed by atoms with Crippen LogP contribution in [-0.2, 0) is 9.59 Å². The van der Waals surface area contributed by atoms with E-state index < -0.39 is 17.3 Å². The molecule has 0 unspecified atom stereocenters. The molecule has 16 heavy (non-hydrogen) atoms. The Kier molecular flexibility index (Phi) is 3.91. The van der Waals surface area contributed by atoms with Gasteiger partial charge in [-0.3, -0.25) is 9.59 Å². The first-order valence-corrected chi connectivity index (χ1v) is 5.56. The molecule has 0 saturated heterocycles. The molecule has 1 saturated carbocycles. The second kappa shape index (κ2) is 4.82. The summed E-state index contributed by atoms with van der Waals surface area (Å²) in [5.74, 6) is -1.58. The van der Waals surface area contributed by atoms with E-state index in [9.17, 15) is 14.7 Å². The SMILES string of the molecule is CC(C)(C(=O)O)C(=O)NC1CCC(O)CC1. The Balaban J connectivity index is 2.49. The minimum atomic E-state index is -1.39. The predicted molar refractivity (Wildman–Crippen MR) is 57.8 cm³/mol. The quantitative estimate of drug-likeness (QED) is 0.616. The van der Waals surface area contributed by atoms with Crippen molar-refractivity contribution >= 4 is 11.9 Å². The van der Waals surface area contributed by atoms with E-state index >= 15 is 0 Å². The first kappa shape index (κ1) is 13.0. The molecule has 1 aliphatic rings. The summed E-state index contributed by atoms with van der Waals surface area (Å²) in [6.07, 6.45) is 2.47. The summed E-state index contributed by atoms with van der Waals surface area (Å²) in [6, 6.07) is -0.00507. The largest absolute Gasteiger partial charge is 0.480 e. The maximum atomic E-state index is 11.7. The minimum Gasteiger partial charge on any atom is -0.480 e. The highest BCUT2D eigenvalue weighted by Crippen LogP contribution is 2.21. The van der Waals surface area contributed by atoms with Gasteiger partial charge in [-0.15, -0.1) is 0 Å². The average molecular weight is 229 g/mol. The fraction of sp³-hybridized carbons (Fsp3) is 0.818. The summed E-state index contributed by atoms with van der Waals surface area (Å²) in [5.41, 5.74) is -1.39. The number of amides is 1. The standard InChI is InChI=1S/C11H19NO4/c1-11(2,10(15)16)9(14)12-7-3-5-8(13)6-4-7/h7-8,13H,3-6H2,1-2H3,(H,12,14)(H,15,16). The molecule has 1 amide bonds. The Hall–Kier alpha value is -1.10. The smallest absolute Gasteiger partial charge is 0.318 e. The topological polar surface area (TPSA) is 86.6 Å². The monoisotopic (exact) mass is 229 g/mol. The third kappa shape index (κ3) is 2.95. The van der Waals surface area contributed by atoms with Gasteiger partial charge in [0.2, 0.25) is 5.91 Å². The van der Waals surface area contributed by atoms with E-state index in [4.69, 9.17) is 5.11 Å². The summed E-state index contributed by atoms with van der Waals surface area (Å²) in [5, 5.41) is 20.9. The second-order valence-corrected chi connectivity index (χ2v) is 4.91. The number of aliphatic hydroxyl groups is 1. The van der Waals surface area contributed by atoms with E-state index in [0.717, 1.165) is 0 Å². The van der Waals surface area contributed by atoms with E-state index in [1.165, 1.54) is 13.8 Å². The molecular formula is C11H19NO4. The molecule has 5 heteroatoms. The number of aliphatic carboxylic acids is 1. The van der Waals surface area contributed by atoms with Crippen LogP contribution in [0, 0.1) is 5.41 Å². The van der Waals surface area contributed by atoms with Crippen LogP contribution in [0.5, 0.6) is 0 Å². The summed E-state index contributed by atoms with van der Waals surface area (Å²) in [6.45, 7) is 2.78. The highest BCUT2D eigenvalue weighted by molar-refractivity contribution is 6.01. The molecule has 92 valence electrons. The van der Waals surface area contributed by atoms with Crippen molar-refractivity contribution in [2.75, 3.05) is 0 Å². The van der Waals surface area contributed by atoms with Crippen LogP contribution in [0.25, 0.3) is 0 Å². The van der Waals surface area contributed by atoms with Gasteiger partial charge < -0.3 is 15.5 Å². The van der Waals surface area contributed by atoms with E-state index in [2.05, 4.69) is 5.32 Å². The number of hydrogen-bond donors (Lipinski definition) is 3. The predicted octanol–water partition coefficient (Wildman–Crippen LogP) is 0.517. The summed E-state index contributed by atoms with van der Waals surface area (Å²) >= 11 is 0. The van der Waals surface area contributed by atoms with E-state index in [-0.39, 0.29) is 12.1 Å². The Labute approximate surface area is 94.8 Å². The van der Waals surface area contributed by atoms with E-state index in [1.807, 2.05) is 0 Å². The molecule has 0 atom stereocenters. The number of carboxylic acid groups (broad SMARTS) is 1. The van der Waals surface area contributed by atoms with Gasteiger partial charge in [0.25, 0.3) is 0 Å². The molecule has 0 radical (unpaired) electrons. The van der Waals surface area contributed by atoms with Gasteiger partial charge in [-0.1, -0.05) is 0 Å². The fourth-order valence-electron chi connectivity index (χ4n) is 1.68. The van der Waals surface area contributed by atoms with Crippen molar-refractivity contribution in [1.82, 2.24) is 5.32 Å². The fourth-order valence-corrected chi connectivity index (χ4v) is 1.68. The van der Waals surface area contributed by atoms with Gasteiger partial charge in [0, 0.05) is 6.04 Å². The van der Waals surface area contributed by atoms with Gasteiger partial charge in [-0.25, -0.2) is 0 Å². The molecule has 0 bridgehead atoms. The first-order chi connectivity index (χ1) is 7.34. The molecule has 1 fully saturated rings. The number of carbonyl (C=O) groups excluding carboxylic acids is 1. The van der Waals surface area contributed by atoms with Gasteiger partial charge in [-0.05, 0) is 39.5 Å². The third-order valence-electron chi connectivity index (χ3n) is 3.13. The lowest BCUT2D eigenvalue weighted by Crippen LogP contribution is -2.47. The number of carbonyl (C=O) groups is 2. The lowest BCUT2D eigenvalue weighted by molar-refractivity contribution is -0.153. The van der Waals surface area contributed by atoms with Crippen LogP contribution in [-0.4, -0.2) is 34.2 Å². The van der Waals surface area contributed by atoms with Crippen molar-refractivity contribution in [3.63, 3.8) is 0 Å². The molecular weight excluding hydrogens is 210 g/mol. The summed E-state index contributed by atoms with van der Waals surface area (Å²) < 4.78 is 0. The Bertz CT molecular complexity index is 280. The lowest BCUT2D eigenvalue weighted by Gasteiger charge is -2.29. The van der Waals surface area contributed by atoms with Crippen molar-refractivity contribution in [1.29, 1.82) is 0 Å². The first-order valence-electron chi connectivity index (χ1n) is 5.56. The molecule has 0 heterocycles. The normalized spacial score (nSPS) is 26.2. The Morgan fingerprint density at radius 2 is 1.69 bits per heavy atom. The maximum Gasteiger partial charge on any atom is 0.318 e. The molecule has 0 aliphatic heterocycles. The Morgan fingerprint density at radius 3 is 2.12 bits per heavy atom. The second-order valence-electron chi connectivity index (χ2n) is 4.91. The summed E-state index contributed by atoms with van der Waals surface area (Å²) in [7, 11) is 0. The molecule has 1 rings (SSSR count). The van der Waals surface area contributed by atoms with E-state index in [1.54, 1.807) is 0 Å². The van der Waals surface area contributed by atoms with Crippen LogP contribution in [0.4, 0.5) is 0 Å². The maximum absolute atomic E-state index is 11.7. The van der Waals surface area contributed by atoms with Crippen LogP contribution in [0.2, 0.25) is 0 Å². The zero-order chi connectivity index (χ0) is 12.3. The number of nitrogens with one attached hydrogen (secondary N) is 1. The van der Waals surface area contributed by atoms with Crippen molar-refractivity contribution in [3.8, 4) is 0 Å². The highest BCUT2D eigenvalue weighted by atomic mass is 16.4. The Morgan fingerprint density at radius 1 is 1.19 bits per heavy atom. The molecule has 3 N–H and O–H groups in total. The zero-order valence-corrected chi connectivity index (χ0v) is 9.69. The highest BCUT2D eigenvalue weighted by Gasteiger charge is 2.37. The van der Waals surface area contributed by atoms with E-state index in [0.29, 0.717) is 25.7 Å². The molecule has 5 nitrogen and oxygen atoms in total. The van der Waals surface area contributed by atoms with Gasteiger partial charge in [0.05, 0.1) is 6.10 Å². The lowest BCUT2D eigenvalue weighted by atomic mass is 9.89. The van der Waals surface area contributed by atoms with Gasteiger partial charge >= 0.3 is 5.97 Å². The van der Waals surface area contributed by atoms with Gasteiger partial charge in [0.15, 0.2) is 0 Å². The molecule has 0 aromatic rings. The van der Waals surface area contributed by atoms with Gasteiger partial charge in [0.1, 0.15) is 5.41 Å². The van der Waals surface area contributed by atoms with Crippen LogP contribution in [0.15, 0.2) is 0 Å². The van der Waals surface area contributed by atoms with Crippen molar-refractivity contribution in [2.24, 2.45) is 5.41 Å². The van der Waals surface area contributed by atoms with Gasteiger partial charge in [-0.2, -0.15) is 0 Å².